The molecule has 0 unspecified atom stereocenters. The molecule has 3 heteroatoms. The average molecular weight is 271 g/mol. The summed E-state index contributed by atoms with van der Waals surface area (Å²) >= 11 is 0. The molecule has 0 N–H and O–H groups in total. The third kappa shape index (κ3) is 3.29. The second-order valence-electron chi connectivity index (χ2n) is 5.26. The van der Waals surface area contributed by atoms with Gasteiger partial charge in [0.05, 0.1) is 13.2 Å². The van der Waals surface area contributed by atoms with E-state index in [0.717, 1.165) is 18.6 Å². The van der Waals surface area contributed by atoms with Gasteiger partial charge in [-0.25, -0.2) is 4.39 Å². The summed E-state index contributed by atoms with van der Waals surface area (Å²) in [5, 5.41) is 0. The molecule has 0 atom stereocenters. The lowest BCUT2D eigenvalue weighted by molar-refractivity contribution is 0.160. The van der Waals surface area contributed by atoms with Crippen molar-refractivity contribution in [2.45, 2.75) is 12.8 Å². The first kappa shape index (κ1) is 13.0. The lowest BCUT2D eigenvalue weighted by Crippen LogP contribution is -2.21. The van der Waals surface area contributed by atoms with Gasteiger partial charge >= 0.3 is 0 Å². The predicted molar refractivity (Wildman–Crippen MR) is 74.3 cm³/mol. The van der Waals surface area contributed by atoms with Gasteiger partial charge in [-0.2, -0.15) is 0 Å². The largest absolute Gasteiger partial charge is 0.493 e. The van der Waals surface area contributed by atoms with Gasteiger partial charge in [-0.15, -0.1) is 0 Å². The van der Waals surface area contributed by atoms with Gasteiger partial charge in [0, 0.05) is 17.5 Å². The average Bonchev–Trinajstić information content (AvgIpc) is 3.25. The molecule has 1 radical (unpaired) electrons. The van der Waals surface area contributed by atoms with E-state index < -0.39 is 0 Å². The van der Waals surface area contributed by atoms with Crippen molar-refractivity contribution in [1.29, 1.82) is 0 Å². The molecule has 2 aromatic rings. The van der Waals surface area contributed by atoms with Crippen LogP contribution in [0.1, 0.15) is 12.8 Å². The van der Waals surface area contributed by atoms with Gasteiger partial charge < -0.3 is 9.47 Å². The maximum Gasteiger partial charge on any atom is 0.127 e. The molecule has 2 nitrogen and oxygen atoms in total. The Labute approximate surface area is 118 Å². The summed E-state index contributed by atoms with van der Waals surface area (Å²) in [6, 6.07) is 16.8. The first-order chi connectivity index (χ1) is 9.76. The second-order valence-corrected chi connectivity index (χ2v) is 5.26. The number of benzene rings is 2. The van der Waals surface area contributed by atoms with Gasteiger partial charge in [-0.1, -0.05) is 24.3 Å². The van der Waals surface area contributed by atoms with Gasteiger partial charge in [0.15, 0.2) is 0 Å². The highest BCUT2D eigenvalue weighted by Crippen LogP contribution is 2.46. The quantitative estimate of drug-likeness (QED) is 0.794. The Morgan fingerprint density at radius 3 is 2.60 bits per heavy atom. The summed E-state index contributed by atoms with van der Waals surface area (Å²) in [6.45, 7) is 1.17. The third-order valence-electron chi connectivity index (χ3n) is 3.51. The van der Waals surface area contributed by atoms with Gasteiger partial charge in [-0.05, 0) is 31.0 Å². The van der Waals surface area contributed by atoms with Crippen molar-refractivity contribution >= 4 is 0 Å². The predicted octanol–water partition coefficient (Wildman–Crippen LogP) is 3.86. The van der Waals surface area contributed by atoms with E-state index in [2.05, 4.69) is 6.07 Å². The molecule has 1 saturated carbocycles. The van der Waals surface area contributed by atoms with Crippen LogP contribution < -0.4 is 9.47 Å². The molecule has 0 aromatic heterocycles. The van der Waals surface area contributed by atoms with Gasteiger partial charge in [0.1, 0.15) is 17.3 Å². The Morgan fingerprint density at radius 2 is 1.90 bits per heavy atom. The van der Waals surface area contributed by atoms with Crippen molar-refractivity contribution in [3.63, 3.8) is 0 Å². The summed E-state index contributed by atoms with van der Waals surface area (Å²) in [6.07, 6.45) is 2.16. The van der Waals surface area contributed by atoms with Crippen molar-refractivity contribution < 1.29 is 13.9 Å². The summed E-state index contributed by atoms with van der Waals surface area (Å²) in [5.74, 6) is 1.05. The zero-order valence-electron chi connectivity index (χ0n) is 11.1. The smallest absolute Gasteiger partial charge is 0.127 e. The minimum atomic E-state index is -0.275. The first-order valence-electron chi connectivity index (χ1n) is 6.74. The normalized spacial score (nSPS) is 15.7. The molecule has 1 aliphatic carbocycles. The molecule has 0 saturated heterocycles. The number of para-hydroxylation sites is 1. The Bertz CT molecular complexity index is 564. The first-order valence-corrected chi connectivity index (χ1v) is 6.74. The van der Waals surface area contributed by atoms with E-state index in [0.29, 0.717) is 19.0 Å². The number of hydrogen-bond acceptors (Lipinski definition) is 2. The molecule has 103 valence electrons. The maximum absolute atomic E-state index is 13.1. The van der Waals surface area contributed by atoms with Crippen molar-refractivity contribution in [2.75, 3.05) is 13.2 Å². The summed E-state index contributed by atoms with van der Waals surface area (Å²) in [7, 11) is 0. The van der Waals surface area contributed by atoms with Crippen LogP contribution in [0.5, 0.6) is 11.5 Å². The maximum atomic E-state index is 13.1. The fraction of sp³-hybridized carbons (Fsp3) is 0.294. The number of rotatable bonds is 6. The van der Waals surface area contributed by atoms with Crippen LogP contribution in [0.15, 0.2) is 48.5 Å². The van der Waals surface area contributed by atoms with Crippen LogP contribution in [-0.2, 0) is 0 Å². The van der Waals surface area contributed by atoms with Crippen molar-refractivity contribution in [3.05, 3.63) is 60.4 Å². The van der Waals surface area contributed by atoms with Gasteiger partial charge in [0.2, 0.25) is 0 Å². The van der Waals surface area contributed by atoms with E-state index in [1.54, 1.807) is 12.1 Å². The minimum Gasteiger partial charge on any atom is -0.493 e. The molecule has 0 aliphatic heterocycles. The Balaban J connectivity index is 1.52. The lowest BCUT2D eigenvalue weighted by Gasteiger charge is -2.17. The van der Waals surface area contributed by atoms with Crippen LogP contribution in [-0.4, -0.2) is 13.2 Å². The van der Waals surface area contributed by atoms with E-state index in [1.807, 2.05) is 24.3 Å². The van der Waals surface area contributed by atoms with Crippen LogP contribution in [0.25, 0.3) is 0 Å². The molecular formula is C17H16FO2. The SMILES string of the molecule is Fc1cccc(OCC2(COc3[c]cccc3)CC2)c1. The van der Waals surface area contributed by atoms with Gasteiger partial charge in [-0.3, -0.25) is 0 Å². The molecule has 0 amide bonds. The summed E-state index contributed by atoms with van der Waals surface area (Å²) in [4.78, 5) is 0. The highest BCUT2D eigenvalue weighted by molar-refractivity contribution is 5.23. The fourth-order valence-electron chi connectivity index (χ4n) is 2.00. The molecular weight excluding hydrogens is 255 g/mol. The van der Waals surface area contributed by atoms with Crippen molar-refractivity contribution in [3.8, 4) is 11.5 Å². The summed E-state index contributed by atoms with van der Waals surface area (Å²) < 4.78 is 24.5. The Kier molecular flexibility index (Phi) is 3.59. The fourth-order valence-corrected chi connectivity index (χ4v) is 2.00. The van der Waals surface area contributed by atoms with Crippen molar-refractivity contribution in [2.24, 2.45) is 5.41 Å². The summed E-state index contributed by atoms with van der Waals surface area (Å²) in [5.41, 5.74) is 0.0655. The lowest BCUT2D eigenvalue weighted by atomic mass is 10.1. The molecule has 1 aliphatic rings. The topological polar surface area (TPSA) is 18.5 Å². The molecule has 3 rings (SSSR count). The standard InChI is InChI=1S/C17H16FO2/c18-14-5-4-8-16(11-14)20-13-17(9-10-17)12-19-15-6-2-1-3-7-15/h1-6,8,11H,9-10,12-13H2. The van der Waals surface area contributed by atoms with Crippen LogP contribution in [0.4, 0.5) is 4.39 Å². The third-order valence-corrected chi connectivity index (χ3v) is 3.51. The van der Waals surface area contributed by atoms with E-state index in [1.165, 1.54) is 12.1 Å². The Morgan fingerprint density at radius 1 is 1.05 bits per heavy atom. The van der Waals surface area contributed by atoms with Crippen LogP contribution in [0.3, 0.4) is 0 Å². The van der Waals surface area contributed by atoms with E-state index in [9.17, 15) is 4.39 Å². The van der Waals surface area contributed by atoms with Crippen molar-refractivity contribution in [1.82, 2.24) is 0 Å². The van der Waals surface area contributed by atoms with Crippen LogP contribution in [0, 0.1) is 17.3 Å². The number of ether oxygens (including phenoxy) is 2. The van der Waals surface area contributed by atoms with Gasteiger partial charge in [0.25, 0.3) is 0 Å². The van der Waals surface area contributed by atoms with Crippen LogP contribution >= 0.6 is 0 Å². The number of halogens is 1. The molecule has 20 heavy (non-hydrogen) atoms. The molecule has 1 fully saturated rings. The molecule has 0 bridgehead atoms. The zero-order chi connectivity index (χ0) is 13.8. The molecule has 0 spiro atoms. The van der Waals surface area contributed by atoms with E-state index in [4.69, 9.17) is 9.47 Å². The molecule has 2 aromatic carbocycles. The molecule has 0 heterocycles. The highest BCUT2D eigenvalue weighted by Gasteiger charge is 2.44. The second kappa shape index (κ2) is 5.53. The van der Waals surface area contributed by atoms with E-state index >= 15 is 0 Å². The monoisotopic (exact) mass is 271 g/mol. The minimum absolute atomic E-state index is 0.0655. The number of hydrogen-bond donors (Lipinski definition) is 0. The zero-order valence-corrected chi connectivity index (χ0v) is 11.1. The van der Waals surface area contributed by atoms with Crippen LogP contribution in [0.2, 0.25) is 0 Å². The highest BCUT2D eigenvalue weighted by atomic mass is 19.1. The Hall–Kier alpha value is -2.03. The van der Waals surface area contributed by atoms with E-state index in [-0.39, 0.29) is 11.2 Å².